The molecule has 0 aliphatic carbocycles. The molecule has 2 aromatic carbocycles. The number of nitrogens with two attached hydrogens (primary N) is 1. The van der Waals surface area contributed by atoms with E-state index in [-0.39, 0.29) is 18.2 Å². The SMILES string of the molecule is COc1ccc(Cl)cc1NC(=O)CNc1ccccc1SCC(N)=O. The first-order chi connectivity index (χ1) is 12.0. The molecule has 0 spiro atoms. The summed E-state index contributed by atoms with van der Waals surface area (Å²) in [6.45, 7) is 0.0454. The Balaban J connectivity index is 1.99. The van der Waals surface area contributed by atoms with Crippen molar-refractivity contribution in [3.05, 3.63) is 47.5 Å². The minimum Gasteiger partial charge on any atom is -0.495 e. The number of anilines is 2. The number of rotatable bonds is 8. The highest BCUT2D eigenvalue weighted by Crippen LogP contribution is 2.28. The normalized spacial score (nSPS) is 10.2. The first kappa shape index (κ1) is 19.0. The quantitative estimate of drug-likeness (QED) is 0.613. The molecular formula is C17H18ClN3O3S. The van der Waals surface area contributed by atoms with Crippen molar-refractivity contribution in [2.75, 3.05) is 30.0 Å². The molecule has 0 radical (unpaired) electrons. The molecule has 0 aliphatic rings. The van der Waals surface area contributed by atoms with Crippen LogP contribution >= 0.6 is 23.4 Å². The van der Waals surface area contributed by atoms with Gasteiger partial charge in [-0.25, -0.2) is 0 Å². The van der Waals surface area contributed by atoms with Gasteiger partial charge >= 0.3 is 0 Å². The number of amides is 2. The lowest BCUT2D eigenvalue weighted by Crippen LogP contribution is -2.22. The zero-order valence-corrected chi connectivity index (χ0v) is 15.1. The predicted molar refractivity (Wildman–Crippen MR) is 101 cm³/mol. The third-order valence-electron chi connectivity index (χ3n) is 3.13. The van der Waals surface area contributed by atoms with E-state index in [0.717, 1.165) is 10.6 Å². The number of benzene rings is 2. The molecule has 0 atom stereocenters. The molecule has 0 fully saturated rings. The molecule has 132 valence electrons. The fourth-order valence-electron chi connectivity index (χ4n) is 2.04. The molecule has 6 nitrogen and oxygen atoms in total. The Hall–Kier alpha value is -2.38. The molecule has 2 aromatic rings. The summed E-state index contributed by atoms with van der Waals surface area (Å²) < 4.78 is 5.20. The Labute approximate surface area is 155 Å². The molecule has 0 aliphatic heterocycles. The van der Waals surface area contributed by atoms with Crippen molar-refractivity contribution in [1.29, 1.82) is 0 Å². The molecule has 0 bridgehead atoms. The Morgan fingerprint density at radius 3 is 2.68 bits per heavy atom. The number of methoxy groups -OCH3 is 1. The van der Waals surface area contributed by atoms with Crippen LogP contribution < -0.4 is 21.1 Å². The van der Waals surface area contributed by atoms with Crippen LogP contribution in [-0.2, 0) is 9.59 Å². The minimum atomic E-state index is -0.398. The van der Waals surface area contributed by atoms with Crippen molar-refractivity contribution in [2.45, 2.75) is 4.90 Å². The van der Waals surface area contributed by atoms with E-state index in [0.29, 0.717) is 16.5 Å². The van der Waals surface area contributed by atoms with E-state index in [9.17, 15) is 9.59 Å². The van der Waals surface area contributed by atoms with E-state index < -0.39 is 5.91 Å². The van der Waals surface area contributed by atoms with Gasteiger partial charge in [0.05, 0.1) is 25.1 Å². The van der Waals surface area contributed by atoms with Gasteiger partial charge in [0.15, 0.2) is 0 Å². The first-order valence-corrected chi connectivity index (χ1v) is 8.73. The number of primary amides is 1. The maximum Gasteiger partial charge on any atom is 0.243 e. The number of para-hydroxylation sites is 1. The van der Waals surface area contributed by atoms with Crippen molar-refractivity contribution in [3.8, 4) is 5.75 Å². The molecular weight excluding hydrogens is 362 g/mol. The number of hydrogen-bond donors (Lipinski definition) is 3. The lowest BCUT2D eigenvalue weighted by atomic mass is 10.3. The van der Waals surface area contributed by atoms with E-state index in [1.807, 2.05) is 24.3 Å². The predicted octanol–water partition coefficient (Wildman–Crippen LogP) is 2.98. The fraction of sp³-hybridized carbons (Fsp3) is 0.176. The number of carbonyl (C=O) groups excluding carboxylic acids is 2. The summed E-state index contributed by atoms with van der Waals surface area (Å²) >= 11 is 7.26. The highest BCUT2D eigenvalue weighted by Gasteiger charge is 2.10. The lowest BCUT2D eigenvalue weighted by Gasteiger charge is -2.13. The van der Waals surface area contributed by atoms with E-state index in [4.69, 9.17) is 22.1 Å². The highest BCUT2D eigenvalue weighted by atomic mass is 35.5. The summed E-state index contributed by atoms with van der Waals surface area (Å²) in [5, 5.41) is 6.30. The average molecular weight is 380 g/mol. The van der Waals surface area contributed by atoms with E-state index >= 15 is 0 Å². The summed E-state index contributed by atoms with van der Waals surface area (Å²) in [4.78, 5) is 24.0. The van der Waals surface area contributed by atoms with E-state index in [2.05, 4.69) is 10.6 Å². The van der Waals surface area contributed by atoms with Crippen molar-refractivity contribution < 1.29 is 14.3 Å². The molecule has 0 unspecified atom stereocenters. The maximum absolute atomic E-state index is 12.2. The number of nitrogens with one attached hydrogen (secondary N) is 2. The fourth-order valence-corrected chi connectivity index (χ4v) is 2.98. The van der Waals surface area contributed by atoms with Gasteiger partial charge in [-0.1, -0.05) is 23.7 Å². The topological polar surface area (TPSA) is 93.4 Å². The number of ether oxygens (including phenoxy) is 1. The van der Waals surface area contributed by atoms with Crippen LogP contribution in [0.5, 0.6) is 5.75 Å². The van der Waals surface area contributed by atoms with E-state index in [1.165, 1.54) is 18.9 Å². The smallest absolute Gasteiger partial charge is 0.243 e. The zero-order valence-electron chi connectivity index (χ0n) is 13.5. The standard InChI is InChI=1S/C17H18ClN3O3S/c1-24-14-7-6-11(18)8-13(14)21-17(23)9-20-12-4-2-3-5-15(12)25-10-16(19)22/h2-8,20H,9-10H2,1H3,(H2,19,22)(H,21,23). The Bertz CT molecular complexity index is 771. The molecule has 4 N–H and O–H groups in total. The number of hydrogen-bond acceptors (Lipinski definition) is 5. The summed E-state index contributed by atoms with van der Waals surface area (Å²) in [7, 11) is 1.52. The van der Waals surface area contributed by atoms with Crippen molar-refractivity contribution in [1.82, 2.24) is 0 Å². The van der Waals surface area contributed by atoms with Crippen LogP contribution in [-0.4, -0.2) is 31.2 Å². The third kappa shape index (κ3) is 5.88. The largest absolute Gasteiger partial charge is 0.495 e. The van der Waals surface area contributed by atoms with Crippen LogP contribution in [0.15, 0.2) is 47.4 Å². The van der Waals surface area contributed by atoms with Crippen LogP contribution in [0.3, 0.4) is 0 Å². The van der Waals surface area contributed by atoms with Gasteiger partial charge in [0, 0.05) is 15.6 Å². The lowest BCUT2D eigenvalue weighted by molar-refractivity contribution is -0.116. The van der Waals surface area contributed by atoms with E-state index in [1.54, 1.807) is 18.2 Å². The summed E-state index contributed by atoms with van der Waals surface area (Å²) in [5.74, 6) is 0.0426. The number of halogens is 1. The molecule has 2 amide bonds. The third-order valence-corrected chi connectivity index (χ3v) is 4.46. The summed E-state index contributed by atoms with van der Waals surface area (Å²) in [6, 6.07) is 12.4. The average Bonchev–Trinajstić information content (AvgIpc) is 2.59. The Morgan fingerprint density at radius 1 is 1.20 bits per heavy atom. The molecule has 0 heterocycles. The summed E-state index contributed by atoms with van der Waals surface area (Å²) in [5.41, 5.74) is 6.42. The minimum absolute atomic E-state index is 0.0454. The molecule has 2 rings (SSSR count). The molecule has 0 saturated carbocycles. The summed E-state index contributed by atoms with van der Waals surface area (Å²) in [6.07, 6.45) is 0. The molecule has 8 heteroatoms. The van der Waals surface area contributed by atoms with Gasteiger partial charge in [0.2, 0.25) is 11.8 Å². The van der Waals surface area contributed by atoms with Gasteiger partial charge in [-0.05, 0) is 30.3 Å². The maximum atomic E-state index is 12.2. The zero-order chi connectivity index (χ0) is 18.2. The van der Waals surface area contributed by atoms with Gasteiger partial charge in [0.1, 0.15) is 5.75 Å². The second-order valence-corrected chi connectivity index (χ2v) is 6.45. The van der Waals surface area contributed by atoms with Gasteiger partial charge in [-0.2, -0.15) is 0 Å². The second kappa shape index (κ2) is 9.19. The number of thioether (sulfide) groups is 1. The molecule has 0 saturated heterocycles. The first-order valence-electron chi connectivity index (χ1n) is 7.37. The number of carbonyl (C=O) groups is 2. The van der Waals surface area contributed by atoms with Gasteiger partial charge in [0.25, 0.3) is 0 Å². The second-order valence-electron chi connectivity index (χ2n) is 5.00. The van der Waals surface area contributed by atoms with Gasteiger partial charge in [-0.15, -0.1) is 11.8 Å². The van der Waals surface area contributed by atoms with Crippen molar-refractivity contribution in [2.24, 2.45) is 5.73 Å². The van der Waals surface area contributed by atoms with Gasteiger partial charge < -0.3 is 21.1 Å². The van der Waals surface area contributed by atoms with Gasteiger partial charge in [-0.3, -0.25) is 9.59 Å². The van der Waals surface area contributed by atoms with Crippen molar-refractivity contribution >= 4 is 46.6 Å². The van der Waals surface area contributed by atoms with Crippen LogP contribution in [0.25, 0.3) is 0 Å². The van der Waals surface area contributed by atoms with Crippen LogP contribution in [0.2, 0.25) is 5.02 Å². The Kier molecular flexibility index (Phi) is 6.97. The molecule has 0 aromatic heterocycles. The highest BCUT2D eigenvalue weighted by molar-refractivity contribution is 8.00. The monoisotopic (exact) mass is 379 g/mol. The molecule has 25 heavy (non-hydrogen) atoms. The van der Waals surface area contributed by atoms with Crippen LogP contribution in [0.1, 0.15) is 0 Å². The van der Waals surface area contributed by atoms with Crippen LogP contribution in [0, 0.1) is 0 Å². The van der Waals surface area contributed by atoms with Crippen LogP contribution in [0.4, 0.5) is 11.4 Å². The Morgan fingerprint density at radius 2 is 1.96 bits per heavy atom. The van der Waals surface area contributed by atoms with Crippen molar-refractivity contribution in [3.63, 3.8) is 0 Å².